The number of fused-ring (bicyclic) bond motifs is 2. The van der Waals surface area contributed by atoms with E-state index in [4.69, 9.17) is 0 Å². The van der Waals surface area contributed by atoms with Crippen LogP contribution in [0.5, 0.6) is 0 Å². The fourth-order valence-corrected chi connectivity index (χ4v) is 3.18. The molecule has 0 aliphatic rings. The number of carbonyl (C=O) groups excluding carboxylic acids is 1. The van der Waals surface area contributed by atoms with Crippen molar-refractivity contribution in [2.45, 2.75) is 0 Å². The van der Waals surface area contributed by atoms with Gasteiger partial charge in [-0.15, -0.1) is 0 Å². The molecule has 0 radical (unpaired) electrons. The van der Waals surface area contributed by atoms with Gasteiger partial charge in [-0.2, -0.15) is 5.10 Å². The average molecular weight is 368 g/mol. The molecule has 2 N–H and O–H groups in total. The quantitative estimate of drug-likeness (QED) is 0.507. The second-order valence-corrected chi connectivity index (χ2v) is 6.60. The monoisotopic (exact) mass is 368 g/mol. The van der Waals surface area contributed by atoms with Crippen LogP contribution in [0.15, 0.2) is 67.3 Å². The molecule has 4 aromatic heterocycles. The van der Waals surface area contributed by atoms with E-state index in [0.717, 1.165) is 33.1 Å². The SMILES string of the molecule is Cn1cc(-c2ccc3cnc(NC(=O)c4ccc5[nH]ccc5c4)cc3n2)cn1. The molecule has 4 heterocycles. The largest absolute Gasteiger partial charge is 0.361 e. The first-order valence-corrected chi connectivity index (χ1v) is 8.80. The molecule has 0 saturated carbocycles. The standard InChI is InChI=1S/C21H16N6O/c1-27-12-16(11-24-27)18-5-3-15-10-23-20(9-19(15)25-18)26-21(28)14-2-4-17-13(8-14)6-7-22-17/h2-12,22H,1H3,(H,23,26,28). The van der Waals surface area contributed by atoms with Crippen LogP contribution in [0.1, 0.15) is 10.4 Å². The maximum atomic E-state index is 12.6. The van der Waals surface area contributed by atoms with Gasteiger partial charge in [0.2, 0.25) is 0 Å². The van der Waals surface area contributed by atoms with Crippen LogP contribution < -0.4 is 5.32 Å². The van der Waals surface area contributed by atoms with E-state index in [1.165, 1.54) is 0 Å². The predicted molar refractivity (Wildman–Crippen MR) is 108 cm³/mol. The lowest BCUT2D eigenvalue weighted by atomic mass is 10.1. The van der Waals surface area contributed by atoms with Crippen molar-refractivity contribution < 1.29 is 4.79 Å². The first-order chi connectivity index (χ1) is 13.7. The fraction of sp³-hybridized carbons (Fsp3) is 0.0476. The first-order valence-electron chi connectivity index (χ1n) is 8.80. The van der Waals surface area contributed by atoms with E-state index in [1.54, 1.807) is 29.2 Å². The van der Waals surface area contributed by atoms with Gasteiger partial charge in [-0.05, 0) is 36.4 Å². The molecule has 0 saturated heterocycles. The summed E-state index contributed by atoms with van der Waals surface area (Å²) in [6.45, 7) is 0. The number of benzene rings is 1. The van der Waals surface area contributed by atoms with Crippen molar-refractivity contribution in [2.24, 2.45) is 7.05 Å². The summed E-state index contributed by atoms with van der Waals surface area (Å²) in [5.41, 5.74) is 4.08. The number of H-pyrrole nitrogens is 1. The molecule has 0 spiro atoms. The van der Waals surface area contributed by atoms with Gasteiger partial charge >= 0.3 is 0 Å². The minimum absolute atomic E-state index is 0.210. The second kappa shape index (κ2) is 6.31. The highest BCUT2D eigenvalue weighted by atomic mass is 16.1. The lowest BCUT2D eigenvalue weighted by Gasteiger charge is -2.07. The third kappa shape index (κ3) is 2.88. The van der Waals surface area contributed by atoms with Crippen molar-refractivity contribution in [3.8, 4) is 11.3 Å². The van der Waals surface area contributed by atoms with Crippen LogP contribution in [-0.2, 0) is 7.05 Å². The normalized spacial score (nSPS) is 11.2. The third-order valence-corrected chi connectivity index (χ3v) is 4.63. The molecule has 0 unspecified atom stereocenters. The third-order valence-electron chi connectivity index (χ3n) is 4.63. The fourth-order valence-electron chi connectivity index (χ4n) is 3.18. The van der Waals surface area contributed by atoms with Crippen molar-refractivity contribution in [2.75, 3.05) is 5.32 Å². The highest BCUT2D eigenvalue weighted by molar-refractivity contribution is 6.06. The Morgan fingerprint density at radius 3 is 2.86 bits per heavy atom. The van der Waals surface area contributed by atoms with E-state index < -0.39 is 0 Å². The number of anilines is 1. The van der Waals surface area contributed by atoms with E-state index in [0.29, 0.717) is 11.4 Å². The molecule has 7 nitrogen and oxygen atoms in total. The zero-order chi connectivity index (χ0) is 19.1. The van der Waals surface area contributed by atoms with Crippen LogP contribution in [0.4, 0.5) is 5.82 Å². The Morgan fingerprint density at radius 2 is 2.00 bits per heavy atom. The Bertz CT molecular complexity index is 1330. The minimum Gasteiger partial charge on any atom is -0.361 e. The number of pyridine rings is 2. The summed E-state index contributed by atoms with van der Waals surface area (Å²) in [5, 5.41) is 8.93. The van der Waals surface area contributed by atoms with Gasteiger partial charge in [0.15, 0.2) is 0 Å². The zero-order valence-corrected chi connectivity index (χ0v) is 15.0. The Labute approximate surface area is 160 Å². The van der Waals surface area contributed by atoms with Crippen molar-refractivity contribution in [3.05, 3.63) is 72.8 Å². The summed E-state index contributed by atoms with van der Waals surface area (Å²) >= 11 is 0. The number of carbonyl (C=O) groups is 1. The maximum Gasteiger partial charge on any atom is 0.256 e. The van der Waals surface area contributed by atoms with Gasteiger partial charge < -0.3 is 10.3 Å². The lowest BCUT2D eigenvalue weighted by Crippen LogP contribution is -2.12. The predicted octanol–water partition coefficient (Wildman–Crippen LogP) is 3.76. The highest BCUT2D eigenvalue weighted by Gasteiger charge is 2.10. The van der Waals surface area contributed by atoms with Gasteiger partial charge in [0.25, 0.3) is 5.91 Å². The molecule has 0 bridgehead atoms. The molecule has 1 aromatic carbocycles. The van der Waals surface area contributed by atoms with E-state index in [9.17, 15) is 4.79 Å². The highest BCUT2D eigenvalue weighted by Crippen LogP contribution is 2.22. The van der Waals surface area contributed by atoms with Crippen molar-refractivity contribution >= 4 is 33.5 Å². The summed E-state index contributed by atoms with van der Waals surface area (Å²) < 4.78 is 1.74. The number of nitrogens with one attached hydrogen (secondary N) is 2. The number of aromatic nitrogens is 5. The van der Waals surface area contributed by atoms with E-state index in [-0.39, 0.29) is 5.91 Å². The van der Waals surface area contributed by atoms with Crippen LogP contribution in [0.25, 0.3) is 33.1 Å². The molecule has 0 aliphatic heterocycles. The van der Waals surface area contributed by atoms with Gasteiger partial charge in [-0.1, -0.05) is 0 Å². The van der Waals surface area contributed by atoms with E-state index in [2.05, 4.69) is 25.4 Å². The number of hydrogen-bond acceptors (Lipinski definition) is 4. The second-order valence-electron chi connectivity index (χ2n) is 6.60. The molecule has 0 aliphatic carbocycles. The number of hydrogen-bond donors (Lipinski definition) is 2. The Hall–Kier alpha value is -4.00. The molecule has 136 valence electrons. The molecule has 7 heteroatoms. The lowest BCUT2D eigenvalue weighted by molar-refractivity contribution is 0.102. The van der Waals surface area contributed by atoms with Crippen LogP contribution >= 0.6 is 0 Å². The molecule has 1 amide bonds. The Morgan fingerprint density at radius 1 is 1.07 bits per heavy atom. The first kappa shape index (κ1) is 16.2. The molecular weight excluding hydrogens is 352 g/mol. The smallest absolute Gasteiger partial charge is 0.256 e. The van der Waals surface area contributed by atoms with Crippen LogP contribution in [0.2, 0.25) is 0 Å². The van der Waals surface area contributed by atoms with Gasteiger partial charge in [0.1, 0.15) is 5.82 Å². The summed E-state index contributed by atoms with van der Waals surface area (Å²) in [5.74, 6) is 0.251. The van der Waals surface area contributed by atoms with Gasteiger partial charge in [-0.3, -0.25) is 9.48 Å². The van der Waals surface area contributed by atoms with Crippen molar-refractivity contribution in [1.82, 2.24) is 24.7 Å². The molecule has 5 aromatic rings. The summed E-state index contributed by atoms with van der Waals surface area (Å²) in [6, 6.07) is 13.1. The van der Waals surface area contributed by atoms with Crippen molar-refractivity contribution in [3.63, 3.8) is 0 Å². The number of amides is 1. The topological polar surface area (TPSA) is 88.5 Å². The summed E-state index contributed by atoms with van der Waals surface area (Å²) in [4.78, 5) is 24.8. The van der Waals surface area contributed by atoms with E-state index in [1.807, 2.05) is 49.8 Å². The van der Waals surface area contributed by atoms with Crippen LogP contribution in [-0.4, -0.2) is 30.6 Å². The van der Waals surface area contributed by atoms with Crippen molar-refractivity contribution in [1.29, 1.82) is 0 Å². The Kier molecular flexibility index (Phi) is 3.65. The van der Waals surface area contributed by atoms with Crippen LogP contribution in [0, 0.1) is 0 Å². The zero-order valence-electron chi connectivity index (χ0n) is 15.0. The minimum atomic E-state index is -0.210. The molecular formula is C21H16N6O. The van der Waals surface area contributed by atoms with Gasteiger partial charge in [0.05, 0.1) is 17.4 Å². The van der Waals surface area contributed by atoms with Gasteiger partial charge in [-0.25, -0.2) is 9.97 Å². The number of rotatable bonds is 3. The number of aryl methyl sites for hydroxylation is 1. The van der Waals surface area contributed by atoms with Crippen LogP contribution in [0.3, 0.4) is 0 Å². The number of nitrogens with zero attached hydrogens (tertiary/aromatic N) is 4. The maximum absolute atomic E-state index is 12.6. The number of aromatic amines is 1. The average Bonchev–Trinajstić information content (AvgIpc) is 3.35. The Balaban J connectivity index is 1.45. The summed E-state index contributed by atoms with van der Waals surface area (Å²) in [7, 11) is 1.87. The molecule has 5 rings (SSSR count). The van der Waals surface area contributed by atoms with Gasteiger partial charge in [0, 0.05) is 59.1 Å². The molecule has 0 fully saturated rings. The molecule has 0 atom stereocenters. The summed E-state index contributed by atoms with van der Waals surface area (Å²) in [6.07, 6.45) is 7.24. The van der Waals surface area contributed by atoms with E-state index >= 15 is 0 Å². The molecule has 28 heavy (non-hydrogen) atoms.